The third-order valence-electron chi connectivity index (χ3n) is 5.93. The number of fused-ring (bicyclic) bond motifs is 1. The van der Waals surface area contributed by atoms with Gasteiger partial charge in [-0.05, 0) is 59.9 Å². The third kappa shape index (κ3) is 8.67. The van der Waals surface area contributed by atoms with Gasteiger partial charge in [-0.25, -0.2) is 0 Å². The number of nitriles is 1. The smallest absolute Gasteiger partial charge is 0.305 e. The molecule has 192 valence electrons. The van der Waals surface area contributed by atoms with Crippen molar-refractivity contribution < 1.29 is 23.8 Å². The second-order valence-corrected chi connectivity index (χ2v) is 8.56. The zero-order chi connectivity index (χ0) is 25.6. The van der Waals surface area contributed by atoms with Crippen LogP contribution in [0, 0.1) is 11.3 Å². The maximum absolute atomic E-state index is 12.4. The highest BCUT2D eigenvalue weighted by Crippen LogP contribution is 2.26. The Labute approximate surface area is 212 Å². The molecule has 0 radical (unpaired) electrons. The van der Waals surface area contributed by atoms with E-state index in [0.29, 0.717) is 32.8 Å². The Morgan fingerprint density at radius 2 is 1.67 bits per heavy atom. The van der Waals surface area contributed by atoms with E-state index in [1.165, 1.54) is 24.9 Å². The van der Waals surface area contributed by atoms with Gasteiger partial charge in [0.05, 0.1) is 26.4 Å². The molecule has 0 bridgehead atoms. The van der Waals surface area contributed by atoms with Crippen molar-refractivity contribution in [3.63, 3.8) is 0 Å². The number of hydrogen-bond donors (Lipinski definition) is 1. The number of anilines is 1. The summed E-state index contributed by atoms with van der Waals surface area (Å²) in [6.07, 6.45) is 5.73. The zero-order valence-electron chi connectivity index (χ0n) is 21.0. The summed E-state index contributed by atoms with van der Waals surface area (Å²) in [4.78, 5) is 25.8. The Balaban J connectivity index is 1.42. The number of piperidine rings is 1. The number of carbonyl (C=O) groups excluding carboxylic acids is 2. The first-order valence-electron chi connectivity index (χ1n) is 12.6. The molecule has 0 saturated carbocycles. The highest BCUT2D eigenvalue weighted by Gasteiger charge is 2.12. The van der Waals surface area contributed by atoms with Gasteiger partial charge in [0, 0.05) is 31.7 Å². The Kier molecular flexibility index (Phi) is 11.2. The third-order valence-corrected chi connectivity index (χ3v) is 5.93. The number of hydrogen-bond acceptors (Lipinski definition) is 7. The first kappa shape index (κ1) is 27.2. The fraction of sp³-hybridized carbons (Fsp3) is 0.464. The van der Waals surface area contributed by atoms with Crippen molar-refractivity contribution in [1.82, 2.24) is 5.32 Å². The molecule has 1 heterocycles. The first-order valence-corrected chi connectivity index (χ1v) is 12.6. The monoisotopic (exact) mass is 493 g/mol. The van der Waals surface area contributed by atoms with E-state index in [-0.39, 0.29) is 24.7 Å². The van der Waals surface area contributed by atoms with Crippen LogP contribution in [0.15, 0.2) is 42.0 Å². The fourth-order valence-electron chi connectivity index (χ4n) is 3.98. The molecule has 0 aromatic heterocycles. The van der Waals surface area contributed by atoms with Gasteiger partial charge in [-0.2, -0.15) is 5.26 Å². The van der Waals surface area contributed by atoms with Gasteiger partial charge >= 0.3 is 5.97 Å². The molecule has 1 saturated heterocycles. The van der Waals surface area contributed by atoms with Gasteiger partial charge < -0.3 is 24.4 Å². The molecule has 0 spiro atoms. The molecule has 1 aliphatic rings. The number of nitrogens with zero attached hydrogens (tertiary/aromatic N) is 2. The molecule has 1 amide bonds. The number of esters is 1. The van der Waals surface area contributed by atoms with E-state index >= 15 is 0 Å². The second kappa shape index (κ2) is 14.9. The van der Waals surface area contributed by atoms with Crippen LogP contribution in [0.2, 0.25) is 0 Å². The first-order chi connectivity index (χ1) is 17.6. The summed E-state index contributed by atoms with van der Waals surface area (Å²) in [5.41, 5.74) is 2.09. The average Bonchev–Trinajstić information content (AvgIpc) is 2.92. The molecule has 8 heteroatoms. The van der Waals surface area contributed by atoms with E-state index in [2.05, 4.69) is 28.4 Å². The Morgan fingerprint density at radius 1 is 0.972 bits per heavy atom. The van der Waals surface area contributed by atoms with Gasteiger partial charge in [0.15, 0.2) is 0 Å². The van der Waals surface area contributed by atoms with Crippen LogP contribution < -0.4 is 10.2 Å². The van der Waals surface area contributed by atoms with Crippen molar-refractivity contribution in [3.8, 4) is 6.07 Å². The van der Waals surface area contributed by atoms with E-state index in [9.17, 15) is 14.9 Å². The van der Waals surface area contributed by atoms with Crippen molar-refractivity contribution >= 4 is 34.4 Å². The number of carbonyl (C=O) groups is 2. The standard InChI is InChI=1S/C28H35N3O5/c1-2-27(32)36-17-16-35-15-14-34-13-10-30-28(33)25(21-29)19-22-6-7-24-20-26(9-8-23(24)18-22)31-11-4-3-5-12-31/h6-9,18-20H,2-5,10-17H2,1H3,(H,30,33)/b25-19+. The lowest BCUT2D eigenvalue weighted by molar-refractivity contribution is -0.144. The summed E-state index contributed by atoms with van der Waals surface area (Å²) >= 11 is 0. The topological polar surface area (TPSA) is 101 Å². The lowest BCUT2D eigenvalue weighted by Crippen LogP contribution is -2.29. The fourth-order valence-corrected chi connectivity index (χ4v) is 3.98. The Bertz CT molecular complexity index is 1090. The normalized spacial score (nSPS) is 13.9. The van der Waals surface area contributed by atoms with Crippen LogP contribution in [0.5, 0.6) is 0 Å². The molecule has 1 aliphatic heterocycles. The molecule has 3 rings (SSSR count). The summed E-state index contributed by atoms with van der Waals surface area (Å²) in [5.74, 6) is -0.686. The molecule has 2 aromatic rings. The van der Waals surface area contributed by atoms with Crippen molar-refractivity contribution in [1.29, 1.82) is 5.26 Å². The number of ether oxygens (including phenoxy) is 3. The van der Waals surface area contributed by atoms with Gasteiger partial charge in [0.2, 0.25) is 0 Å². The minimum atomic E-state index is -0.435. The minimum absolute atomic E-state index is 0.0456. The van der Waals surface area contributed by atoms with Crippen molar-refractivity contribution in [2.24, 2.45) is 0 Å². The van der Waals surface area contributed by atoms with E-state index in [1.807, 2.05) is 24.3 Å². The molecule has 0 aliphatic carbocycles. The average molecular weight is 494 g/mol. The van der Waals surface area contributed by atoms with Gasteiger partial charge in [-0.1, -0.05) is 25.1 Å². The van der Waals surface area contributed by atoms with Crippen LogP contribution in [-0.4, -0.2) is 64.5 Å². The zero-order valence-corrected chi connectivity index (χ0v) is 21.0. The summed E-state index contributed by atoms with van der Waals surface area (Å²) in [6, 6.07) is 14.4. The molecule has 36 heavy (non-hydrogen) atoms. The van der Waals surface area contributed by atoms with Crippen LogP contribution in [0.4, 0.5) is 5.69 Å². The lowest BCUT2D eigenvalue weighted by Gasteiger charge is -2.29. The lowest BCUT2D eigenvalue weighted by atomic mass is 10.0. The minimum Gasteiger partial charge on any atom is -0.463 e. The second-order valence-electron chi connectivity index (χ2n) is 8.56. The van der Waals surface area contributed by atoms with Crippen molar-refractivity contribution in [2.75, 3.05) is 57.6 Å². The molecule has 0 unspecified atom stereocenters. The predicted octanol–water partition coefficient (Wildman–Crippen LogP) is 3.84. The largest absolute Gasteiger partial charge is 0.463 e. The molecule has 8 nitrogen and oxygen atoms in total. The van der Waals surface area contributed by atoms with Crippen LogP contribution >= 0.6 is 0 Å². The highest BCUT2D eigenvalue weighted by molar-refractivity contribution is 6.02. The maximum Gasteiger partial charge on any atom is 0.305 e. The van der Waals surface area contributed by atoms with Crippen molar-refractivity contribution in [3.05, 3.63) is 47.5 Å². The molecule has 1 N–H and O–H groups in total. The van der Waals surface area contributed by atoms with Crippen LogP contribution in [0.1, 0.15) is 38.2 Å². The molecule has 2 aromatic carbocycles. The number of amides is 1. The summed E-state index contributed by atoms with van der Waals surface area (Å²) in [6.45, 7) is 5.78. The van der Waals surface area contributed by atoms with Gasteiger partial charge in [0.1, 0.15) is 18.2 Å². The van der Waals surface area contributed by atoms with E-state index < -0.39 is 5.91 Å². The summed E-state index contributed by atoms with van der Waals surface area (Å²) < 4.78 is 15.6. The van der Waals surface area contributed by atoms with E-state index in [1.54, 1.807) is 13.0 Å². The number of benzene rings is 2. The SMILES string of the molecule is CCC(=O)OCCOCCOCCNC(=O)/C(C#N)=C/c1ccc2cc(N3CCCCC3)ccc2c1. The number of nitrogens with one attached hydrogen (secondary N) is 1. The molecule has 0 atom stereocenters. The van der Waals surface area contributed by atoms with Crippen molar-refractivity contribution in [2.45, 2.75) is 32.6 Å². The summed E-state index contributed by atoms with van der Waals surface area (Å²) in [5, 5.41) is 14.4. The van der Waals surface area contributed by atoms with Gasteiger partial charge in [-0.3, -0.25) is 9.59 Å². The highest BCUT2D eigenvalue weighted by atomic mass is 16.6. The summed E-state index contributed by atoms with van der Waals surface area (Å²) in [7, 11) is 0. The Morgan fingerprint density at radius 3 is 2.42 bits per heavy atom. The number of rotatable bonds is 13. The Hall–Kier alpha value is -3.41. The van der Waals surface area contributed by atoms with Gasteiger partial charge in [0.25, 0.3) is 5.91 Å². The van der Waals surface area contributed by atoms with Crippen LogP contribution in [-0.2, 0) is 23.8 Å². The predicted molar refractivity (Wildman–Crippen MR) is 139 cm³/mol. The van der Waals surface area contributed by atoms with Crippen LogP contribution in [0.3, 0.4) is 0 Å². The quantitative estimate of drug-likeness (QED) is 0.196. The van der Waals surface area contributed by atoms with E-state index in [4.69, 9.17) is 14.2 Å². The molecule has 1 fully saturated rings. The maximum atomic E-state index is 12.4. The van der Waals surface area contributed by atoms with E-state index in [0.717, 1.165) is 29.4 Å². The molecular formula is C28H35N3O5. The van der Waals surface area contributed by atoms with Gasteiger partial charge in [-0.15, -0.1) is 0 Å². The van der Waals surface area contributed by atoms with Crippen LogP contribution in [0.25, 0.3) is 16.8 Å². The molecular weight excluding hydrogens is 458 g/mol.